The summed E-state index contributed by atoms with van der Waals surface area (Å²) in [6.45, 7) is 2.98. The smallest absolute Gasteiger partial charge is 0.255 e. The molecule has 5 nitrogen and oxygen atoms in total. The molecule has 1 N–H and O–H groups in total. The Labute approximate surface area is 152 Å². The largest absolute Gasteiger partial charge is 0.378 e. The van der Waals surface area contributed by atoms with Crippen LogP contribution in [-0.2, 0) is 4.74 Å². The zero-order chi connectivity index (χ0) is 18.1. The first-order chi connectivity index (χ1) is 12.6. The molecule has 0 aliphatic carbocycles. The molecule has 134 valence electrons. The molecule has 1 aliphatic heterocycles. The molecule has 3 aromatic rings. The van der Waals surface area contributed by atoms with Crippen LogP contribution in [0.25, 0.3) is 10.2 Å². The van der Waals surface area contributed by atoms with Gasteiger partial charge in [0.2, 0.25) is 0 Å². The molecule has 1 amide bonds. The predicted octanol–water partition coefficient (Wildman–Crippen LogP) is 3.66. The van der Waals surface area contributed by atoms with Crippen LogP contribution in [0.1, 0.15) is 10.4 Å². The third-order valence-corrected chi connectivity index (χ3v) is 5.18. The molecule has 8 heteroatoms. The highest BCUT2D eigenvalue weighted by atomic mass is 32.1. The van der Waals surface area contributed by atoms with Crippen molar-refractivity contribution in [3.8, 4) is 0 Å². The summed E-state index contributed by atoms with van der Waals surface area (Å²) in [5.74, 6) is -2.53. The first-order valence-electron chi connectivity index (χ1n) is 8.10. The molecule has 1 saturated heterocycles. The van der Waals surface area contributed by atoms with E-state index in [0.717, 1.165) is 40.6 Å². The summed E-state index contributed by atoms with van der Waals surface area (Å²) in [6.07, 6.45) is 0. The average Bonchev–Trinajstić information content (AvgIpc) is 3.08. The van der Waals surface area contributed by atoms with Gasteiger partial charge < -0.3 is 15.0 Å². The Morgan fingerprint density at radius 1 is 1.12 bits per heavy atom. The molecule has 0 radical (unpaired) electrons. The average molecular weight is 375 g/mol. The van der Waals surface area contributed by atoms with Crippen molar-refractivity contribution in [3.63, 3.8) is 0 Å². The van der Waals surface area contributed by atoms with Gasteiger partial charge in [-0.3, -0.25) is 4.79 Å². The summed E-state index contributed by atoms with van der Waals surface area (Å²) in [6, 6.07) is 8.46. The minimum Gasteiger partial charge on any atom is -0.378 e. The number of hydrogen-bond donors (Lipinski definition) is 1. The monoisotopic (exact) mass is 375 g/mol. The zero-order valence-electron chi connectivity index (χ0n) is 13.7. The maximum Gasteiger partial charge on any atom is 0.255 e. The number of thiazole rings is 1. The SMILES string of the molecule is O=C(Nc1ccc2nc(N3CCOCC3)sc2c1)c1ccc(F)c(F)c1. The number of carbonyl (C=O) groups excluding carboxylic acids is 1. The number of aromatic nitrogens is 1. The molecule has 0 bridgehead atoms. The van der Waals surface area contributed by atoms with Crippen LogP contribution in [0.4, 0.5) is 19.6 Å². The van der Waals surface area contributed by atoms with Gasteiger partial charge in [-0.2, -0.15) is 0 Å². The zero-order valence-corrected chi connectivity index (χ0v) is 14.5. The Morgan fingerprint density at radius 3 is 2.69 bits per heavy atom. The van der Waals surface area contributed by atoms with Crippen LogP contribution in [0.2, 0.25) is 0 Å². The minimum absolute atomic E-state index is 0.0577. The Kier molecular flexibility index (Phi) is 4.52. The van der Waals surface area contributed by atoms with Crippen LogP contribution in [0.15, 0.2) is 36.4 Å². The summed E-state index contributed by atoms with van der Waals surface area (Å²) in [4.78, 5) is 19.0. The van der Waals surface area contributed by atoms with Crippen LogP contribution in [0, 0.1) is 11.6 Å². The van der Waals surface area contributed by atoms with E-state index < -0.39 is 17.5 Å². The van der Waals surface area contributed by atoms with Crippen molar-refractivity contribution in [2.45, 2.75) is 0 Å². The molecule has 1 fully saturated rings. The number of rotatable bonds is 3. The van der Waals surface area contributed by atoms with E-state index in [-0.39, 0.29) is 5.56 Å². The molecular weight excluding hydrogens is 360 g/mol. The van der Waals surface area contributed by atoms with E-state index >= 15 is 0 Å². The van der Waals surface area contributed by atoms with Gasteiger partial charge in [-0.1, -0.05) is 11.3 Å². The summed E-state index contributed by atoms with van der Waals surface area (Å²) >= 11 is 1.54. The third-order valence-electron chi connectivity index (χ3n) is 4.10. The molecule has 0 spiro atoms. The molecule has 1 aromatic heterocycles. The van der Waals surface area contributed by atoms with E-state index in [1.54, 1.807) is 17.4 Å². The highest BCUT2D eigenvalue weighted by Crippen LogP contribution is 2.31. The standard InChI is InChI=1S/C18H15F2N3O2S/c19-13-3-1-11(9-14(13)20)17(24)21-12-2-4-15-16(10-12)26-18(22-15)23-5-7-25-8-6-23/h1-4,9-10H,5-8H2,(H,21,24). The fourth-order valence-corrected chi connectivity index (χ4v) is 3.78. The van der Waals surface area contributed by atoms with Gasteiger partial charge >= 0.3 is 0 Å². The second kappa shape index (κ2) is 6.97. The lowest BCUT2D eigenvalue weighted by Gasteiger charge is -2.25. The number of anilines is 2. The quantitative estimate of drug-likeness (QED) is 0.759. The fraction of sp³-hybridized carbons (Fsp3) is 0.222. The molecule has 4 rings (SSSR count). The van der Waals surface area contributed by atoms with Crippen LogP contribution in [0.3, 0.4) is 0 Å². The number of morpholine rings is 1. The van der Waals surface area contributed by atoms with Gasteiger partial charge in [0.15, 0.2) is 16.8 Å². The van der Waals surface area contributed by atoms with E-state index in [4.69, 9.17) is 4.74 Å². The number of carbonyl (C=O) groups is 1. The highest BCUT2D eigenvalue weighted by Gasteiger charge is 2.16. The molecule has 2 aromatic carbocycles. The predicted molar refractivity (Wildman–Crippen MR) is 97.0 cm³/mol. The molecule has 0 unspecified atom stereocenters. The van der Waals surface area contributed by atoms with Gasteiger partial charge in [0.25, 0.3) is 5.91 Å². The van der Waals surface area contributed by atoms with Crippen molar-refractivity contribution in [3.05, 3.63) is 53.6 Å². The number of benzene rings is 2. The Balaban J connectivity index is 1.54. The summed E-state index contributed by atoms with van der Waals surface area (Å²) in [7, 11) is 0. The van der Waals surface area contributed by atoms with E-state index in [1.165, 1.54) is 6.07 Å². The number of amides is 1. The summed E-state index contributed by atoms with van der Waals surface area (Å²) < 4.78 is 32.6. The Hall–Kier alpha value is -2.58. The van der Waals surface area contributed by atoms with Crippen molar-refractivity contribution < 1.29 is 18.3 Å². The number of fused-ring (bicyclic) bond motifs is 1. The Morgan fingerprint density at radius 2 is 1.92 bits per heavy atom. The van der Waals surface area contributed by atoms with Gasteiger partial charge in [0.1, 0.15) is 0 Å². The van der Waals surface area contributed by atoms with Crippen molar-refractivity contribution >= 4 is 38.3 Å². The second-order valence-corrected chi connectivity index (χ2v) is 6.87. The van der Waals surface area contributed by atoms with Gasteiger partial charge in [0.05, 0.1) is 23.4 Å². The van der Waals surface area contributed by atoms with Crippen molar-refractivity contribution in [1.82, 2.24) is 4.98 Å². The number of hydrogen-bond acceptors (Lipinski definition) is 5. The number of ether oxygens (including phenoxy) is 1. The minimum atomic E-state index is -1.05. The van der Waals surface area contributed by atoms with Crippen LogP contribution in [-0.4, -0.2) is 37.2 Å². The van der Waals surface area contributed by atoms with Crippen LogP contribution >= 0.6 is 11.3 Å². The van der Waals surface area contributed by atoms with Gasteiger partial charge in [0, 0.05) is 24.3 Å². The topological polar surface area (TPSA) is 54.5 Å². The van der Waals surface area contributed by atoms with Gasteiger partial charge in [-0.05, 0) is 36.4 Å². The van der Waals surface area contributed by atoms with Crippen LogP contribution < -0.4 is 10.2 Å². The number of nitrogens with zero attached hydrogens (tertiary/aromatic N) is 2. The lowest BCUT2D eigenvalue weighted by molar-refractivity contribution is 0.102. The number of nitrogens with one attached hydrogen (secondary N) is 1. The molecule has 0 saturated carbocycles. The fourth-order valence-electron chi connectivity index (χ4n) is 2.72. The van der Waals surface area contributed by atoms with Gasteiger partial charge in [-0.25, -0.2) is 13.8 Å². The second-order valence-electron chi connectivity index (χ2n) is 5.86. The lowest BCUT2D eigenvalue weighted by Crippen LogP contribution is -2.36. The van der Waals surface area contributed by atoms with E-state index in [1.807, 2.05) is 12.1 Å². The number of halogens is 2. The maximum absolute atomic E-state index is 13.3. The van der Waals surface area contributed by atoms with Crippen LogP contribution in [0.5, 0.6) is 0 Å². The summed E-state index contributed by atoms with van der Waals surface area (Å²) in [5, 5.41) is 3.63. The molecular formula is C18H15F2N3O2S. The third kappa shape index (κ3) is 3.38. The normalized spacial score (nSPS) is 14.6. The first kappa shape index (κ1) is 16.9. The Bertz CT molecular complexity index is 970. The van der Waals surface area contributed by atoms with E-state index in [2.05, 4.69) is 15.2 Å². The molecule has 0 atom stereocenters. The maximum atomic E-state index is 13.3. The van der Waals surface area contributed by atoms with E-state index in [0.29, 0.717) is 18.9 Å². The van der Waals surface area contributed by atoms with Crippen molar-refractivity contribution in [1.29, 1.82) is 0 Å². The van der Waals surface area contributed by atoms with Crippen molar-refractivity contribution in [2.24, 2.45) is 0 Å². The lowest BCUT2D eigenvalue weighted by atomic mass is 10.2. The van der Waals surface area contributed by atoms with E-state index in [9.17, 15) is 13.6 Å². The molecule has 2 heterocycles. The van der Waals surface area contributed by atoms with Crippen molar-refractivity contribution in [2.75, 3.05) is 36.5 Å². The summed E-state index contributed by atoms with van der Waals surface area (Å²) in [5.41, 5.74) is 1.48. The highest BCUT2D eigenvalue weighted by molar-refractivity contribution is 7.22. The van der Waals surface area contributed by atoms with Gasteiger partial charge in [-0.15, -0.1) is 0 Å². The molecule has 26 heavy (non-hydrogen) atoms. The molecule has 1 aliphatic rings. The first-order valence-corrected chi connectivity index (χ1v) is 8.91.